The Morgan fingerprint density at radius 1 is 0.944 bits per heavy atom. The Bertz CT molecular complexity index is 486. The van der Waals surface area contributed by atoms with Crippen LogP contribution in [0.3, 0.4) is 0 Å². The van der Waals surface area contributed by atoms with E-state index in [4.69, 9.17) is 9.47 Å². The molecule has 1 spiro atoms. The van der Waals surface area contributed by atoms with Crippen LogP contribution in [0, 0.1) is 5.41 Å². The summed E-state index contributed by atoms with van der Waals surface area (Å²) in [4.78, 5) is 0. The fourth-order valence-electron chi connectivity index (χ4n) is 4.34. The average molecular weight is 244 g/mol. The summed E-state index contributed by atoms with van der Waals surface area (Å²) >= 11 is 0. The van der Waals surface area contributed by atoms with Gasteiger partial charge in [0.25, 0.3) is 0 Å². The van der Waals surface area contributed by atoms with Crippen molar-refractivity contribution in [1.29, 1.82) is 0 Å². The van der Waals surface area contributed by atoms with Gasteiger partial charge in [-0.15, -0.1) is 0 Å². The van der Waals surface area contributed by atoms with Crippen molar-refractivity contribution < 1.29 is 9.47 Å². The topological polar surface area (TPSA) is 18.5 Å². The Morgan fingerprint density at radius 2 is 1.56 bits per heavy atom. The molecule has 2 atom stereocenters. The SMILES string of the molecule is CC1(C)CC2c3ccccc3C1CC21OCCO1. The maximum absolute atomic E-state index is 6.04. The third-order valence-corrected chi connectivity index (χ3v) is 5.22. The van der Waals surface area contributed by atoms with Crippen molar-refractivity contribution in [1.82, 2.24) is 0 Å². The maximum atomic E-state index is 6.04. The van der Waals surface area contributed by atoms with Crippen LogP contribution in [0.2, 0.25) is 0 Å². The minimum Gasteiger partial charge on any atom is -0.347 e. The molecule has 1 aliphatic heterocycles. The smallest absolute Gasteiger partial charge is 0.175 e. The largest absolute Gasteiger partial charge is 0.347 e. The summed E-state index contributed by atoms with van der Waals surface area (Å²) in [7, 11) is 0. The van der Waals surface area contributed by atoms with Gasteiger partial charge >= 0.3 is 0 Å². The Balaban J connectivity index is 1.89. The highest BCUT2D eigenvalue weighted by atomic mass is 16.7. The molecule has 2 heteroatoms. The predicted octanol–water partition coefficient (Wildman–Crippen LogP) is 3.43. The van der Waals surface area contributed by atoms with Gasteiger partial charge in [-0.1, -0.05) is 38.1 Å². The predicted molar refractivity (Wildman–Crippen MR) is 69.6 cm³/mol. The van der Waals surface area contributed by atoms with Gasteiger partial charge in [0.15, 0.2) is 5.79 Å². The van der Waals surface area contributed by atoms with E-state index in [0.717, 1.165) is 19.6 Å². The summed E-state index contributed by atoms with van der Waals surface area (Å²) < 4.78 is 12.1. The first-order valence-corrected chi connectivity index (χ1v) is 6.99. The number of fused-ring (bicyclic) bond motifs is 1. The van der Waals surface area contributed by atoms with E-state index in [1.807, 2.05) is 0 Å². The highest BCUT2D eigenvalue weighted by Gasteiger charge is 2.59. The molecule has 1 saturated heterocycles. The lowest BCUT2D eigenvalue weighted by Gasteiger charge is -2.56. The maximum Gasteiger partial charge on any atom is 0.175 e. The molecule has 1 aromatic carbocycles. The molecule has 1 aromatic rings. The van der Waals surface area contributed by atoms with Gasteiger partial charge in [0, 0.05) is 12.3 Å². The third kappa shape index (κ3) is 1.25. The highest BCUT2D eigenvalue weighted by Crippen LogP contribution is 2.63. The van der Waals surface area contributed by atoms with E-state index in [-0.39, 0.29) is 5.79 Å². The summed E-state index contributed by atoms with van der Waals surface area (Å²) in [6, 6.07) is 8.89. The van der Waals surface area contributed by atoms with Crippen molar-refractivity contribution in [2.24, 2.45) is 5.41 Å². The molecule has 0 aromatic heterocycles. The zero-order chi connectivity index (χ0) is 12.4. The molecule has 3 aliphatic carbocycles. The molecule has 2 fully saturated rings. The average Bonchev–Trinajstić information content (AvgIpc) is 2.81. The Labute approximate surface area is 108 Å². The molecule has 0 N–H and O–H groups in total. The number of rotatable bonds is 0. The zero-order valence-corrected chi connectivity index (χ0v) is 11.1. The van der Waals surface area contributed by atoms with Gasteiger partial charge in [0.1, 0.15) is 0 Å². The van der Waals surface area contributed by atoms with Crippen LogP contribution in [0.4, 0.5) is 0 Å². The summed E-state index contributed by atoms with van der Waals surface area (Å²) in [6.45, 7) is 6.29. The van der Waals surface area contributed by atoms with Crippen molar-refractivity contribution in [2.45, 2.75) is 44.3 Å². The quantitative estimate of drug-likeness (QED) is 0.696. The first-order valence-electron chi connectivity index (χ1n) is 6.99. The Hall–Kier alpha value is -0.860. The molecule has 2 nitrogen and oxygen atoms in total. The number of hydrogen-bond donors (Lipinski definition) is 0. The second-order valence-electron chi connectivity index (χ2n) is 6.64. The van der Waals surface area contributed by atoms with Crippen LogP contribution in [0.15, 0.2) is 24.3 Å². The van der Waals surface area contributed by atoms with Crippen LogP contribution in [0.25, 0.3) is 0 Å². The summed E-state index contributed by atoms with van der Waals surface area (Å²) in [5.74, 6) is 0.669. The molecular formula is C16H20O2. The van der Waals surface area contributed by atoms with Crippen molar-refractivity contribution in [2.75, 3.05) is 13.2 Å². The molecule has 1 saturated carbocycles. The van der Waals surface area contributed by atoms with E-state index < -0.39 is 0 Å². The van der Waals surface area contributed by atoms with Crippen LogP contribution < -0.4 is 0 Å². The van der Waals surface area contributed by atoms with Gasteiger partial charge in [-0.05, 0) is 28.9 Å². The minimum atomic E-state index is -0.311. The van der Waals surface area contributed by atoms with Gasteiger partial charge in [-0.25, -0.2) is 0 Å². The number of ether oxygens (including phenoxy) is 2. The van der Waals surface area contributed by atoms with Crippen molar-refractivity contribution in [3.05, 3.63) is 35.4 Å². The third-order valence-electron chi connectivity index (χ3n) is 5.22. The van der Waals surface area contributed by atoms with E-state index in [0.29, 0.717) is 17.3 Å². The molecule has 2 unspecified atom stereocenters. The summed E-state index contributed by atoms with van der Waals surface area (Å²) in [6.07, 6.45) is 2.20. The molecule has 5 rings (SSSR count). The van der Waals surface area contributed by atoms with E-state index in [2.05, 4.69) is 38.1 Å². The lowest BCUT2D eigenvalue weighted by molar-refractivity contribution is -0.216. The van der Waals surface area contributed by atoms with Crippen LogP contribution in [0.5, 0.6) is 0 Å². The van der Waals surface area contributed by atoms with E-state index in [1.165, 1.54) is 17.5 Å². The number of hydrogen-bond acceptors (Lipinski definition) is 2. The van der Waals surface area contributed by atoms with Gasteiger partial charge in [0.2, 0.25) is 0 Å². The first kappa shape index (κ1) is 11.0. The second-order valence-corrected chi connectivity index (χ2v) is 6.64. The van der Waals surface area contributed by atoms with Crippen LogP contribution >= 0.6 is 0 Å². The summed E-state index contributed by atoms with van der Waals surface area (Å²) in [5.41, 5.74) is 3.36. The van der Waals surface area contributed by atoms with Crippen LogP contribution in [0.1, 0.15) is 49.7 Å². The monoisotopic (exact) mass is 244 g/mol. The molecule has 96 valence electrons. The second kappa shape index (κ2) is 3.37. The van der Waals surface area contributed by atoms with E-state index >= 15 is 0 Å². The molecule has 18 heavy (non-hydrogen) atoms. The standard InChI is InChI=1S/C16H20O2/c1-15(2)9-14-12-6-4-3-5-11(12)13(15)10-16(14)17-7-8-18-16/h3-6,13-14H,7-10H2,1-2H3. The molecule has 1 heterocycles. The van der Waals surface area contributed by atoms with Crippen LogP contribution in [-0.4, -0.2) is 19.0 Å². The minimum absolute atomic E-state index is 0.311. The number of benzene rings is 1. The molecular weight excluding hydrogens is 224 g/mol. The van der Waals surface area contributed by atoms with Crippen molar-refractivity contribution in [3.63, 3.8) is 0 Å². The van der Waals surface area contributed by atoms with Crippen molar-refractivity contribution >= 4 is 0 Å². The molecule has 2 bridgehead atoms. The summed E-state index contributed by atoms with van der Waals surface area (Å²) in [5, 5.41) is 0. The molecule has 0 amide bonds. The zero-order valence-electron chi connectivity index (χ0n) is 11.1. The van der Waals surface area contributed by atoms with E-state index in [1.54, 1.807) is 0 Å². The first-order chi connectivity index (χ1) is 8.62. The highest BCUT2D eigenvalue weighted by molar-refractivity contribution is 5.42. The Morgan fingerprint density at radius 3 is 2.22 bits per heavy atom. The van der Waals surface area contributed by atoms with Gasteiger partial charge in [0.05, 0.1) is 13.2 Å². The van der Waals surface area contributed by atoms with Gasteiger partial charge < -0.3 is 9.47 Å². The molecule has 0 radical (unpaired) electrons. The van der Waals surface area contributed by atoms with Crippen molar-refractivity contribution in [3.8, 4) is 0 Å². The van der Waals surface area contributed by atoms with Crippen LogP contribution in [-0.2, 0) is 9.47 Å². The van der Waals surface area contributed by atoms with E-state index in [9.17, 15) is 0 Å². The lowest BCUT2D eigenvalue weighted by Crippen LogP contribution is -2.52. The normalized spacial score (nSPS) is 34.8. The Kier molecular flexibility index (Phi) is 2.06. The van der Waals surface area contributed by atoms with Gasteiger partial charge in [-0.3, -0.25) is 0 Å². The fraction of sp³-hybridized carbons (Fsp3) is 0.625. The fourth-order valence-corrected chi connectivity index (χ4v) is 4.34. The van der Waals surface area contributed by atoms with Gasteiger partial charge in [-0.2, -0.15) is 0 Å². The molecule has 4 aliphatic rings. The lowest BCUT2D eigenvalue weighted by atomic mass is 9.53.